The summed E-state index contributed by atoms with van der Waals surface area (Å²) in [6.45, 7) is 4.02. The van der Waals surface area contributed by atoms with Gasteiger partial charge in [-0.2, -0.15) is 4.98 Å². The molecule has 2 aromatic carbocycles. The minimum atomic E-state index is -0.870. The molecule has 9 nitrogen and oxygen atoms in total. The lowest BCUT2D eigenvalue weighted by Crippen LogP contribution is -2.51. The molecule has 39 heavy (non-hydrogen) atoms. The lowest BCUT2D eigenvalue weighted by Gasteiger charge is -2.39. The van der Waals surface area contributed by atoms with Crippen LogP contribution in [0.25, 0.3) is 5.65 Å². The zero-order valence-electron chi connectivity index (χ0n) is 21.4. The summed E-state index contributed by atoms with van der Waals surface area (Å²) in [5, 5.41) is 23.2. The van der Waals surface area contributed by atoms with Crippen molar-refractivity contribution in [1.29, 1.82) is 0 Å². The van der Waals surface area contributed by atoms with Gasteiger partial charge in [-0.1, -0.05) is 23.7 Å². The predicted molar refractivity (Wildman–Crippen MR) is 151 cm³/mol. The van der Waals surface area contributed by atoms with Gasteiger partial charge >= 0.3 is 0 Å². The lowest BCUT2D eigenvalue weighted by molar-refractivity contribution is 0.0118. The molecule has 3 fully saturated rings. The SMILES string of the molecule is O=C(c1ccc(Nc2nc3c(N4CCC(O)(c5ccc(Cl)cc5)CC4)cccn3n2)cc1)N1CC2CNC2C1. The Labute approximate surface area is 231 Å². The molecular formula is C29H30ClN7O2. The number of rotatable bonds is 5. The number of nitrogens with zero attached hydrogens (tertiary/aromatic N) is 5. The fourth-order valence-corrected chi connectivity index (χ4v) is 6.11. The number of amides is 1. The Bertz CT molecular complexity index is 1500. The smallest absolute Gasteiger partial charge is 0.253 e. The molecule has 0 aliphatic carbocycles. The van der Waals surface area contributed by atoms with E-state index < -0.39 is 5.60 Å². The third kappa shape index (κ3) is 4.50. The third-order valence-corrected chi connectivity index (χ3v) is 8.67. The van der Waals surface area contributed by atoms with Crippen molar-refractivity contribution in [3.63, 3.8) is 0 Å². The molecule has 0 spiro atoms. The van der Waals surface area contributed by atoms with Gasteiger partial charge in [-0.3, -0.25) is 4.79 Å². The molecule has 2 aromatic heterocycles. The highest BCUT2D eigenvalue weighted by molar-refractivity contribution is 6.30. The molecule has 0 bridgehead atoms. The molecule has 4 aromatic rings. The summed E-state index contributed by atoms with van der Waals surface area (Å²) in [6, 6.07) is 19.4. The average Bonchev–Trinajstić information content (AvgIpc) is 3.49. The molecule has 5 heterocycles. The van der Waals surface area contributed by atoms with E-state index >= 15 is 0 Å². The van der Waals surface area contributed by atoms with Crippen molar-refractivity contribution in [2.75, 3.05) is 42.9 Å². The molecule has 3 aliphatic heterocycles. The maximum Gasteiger partial charge on any atom is 0.253 e. The van der Waals surface area contributed by atoms with Gasteiger partial charge in [0.2, 0.25) is 5.95 Å². The fourth-order valence-electron chi connectivity index (χ4n) is 5.98. The Balaban J connectivity index is 1.04. The number of likely N-dealkylation sites (tertiary alicyclic amines) is 1. The van der Waals surface area contributed by atoms with Crippen molar-refractivity contribution in [2.24, 2.45) is 5.92 Å². The molecule has 10 heteroatoms. The Hall–Kier alpha value is -3.66. The van der Waals surface area contributed by atoms with E-state index in [1.165, 1.54) is 0 Å². The first-order valence-electron chi connectivity index (χ1n) is 13.4. The van der Waals surface area contributed by atoms with Crippen LogP contribution < -0.4 is 15.5 Å². The second kappa shape index (κ2) is 9.51. The van der Waals surface area contributed by atoms with Crippen LogP contribution in [0.1, 0.15) is 28.8 Å². The van der Waals surface area contributed by atoms with E-state index in [1.807, 2.05) is 71.8 Å². The maximum atomic E-state index is 12.9. The van der Waals surface area contributed by atoms with E-state index in [0.29, 0.717) is 54.4 Å². The van der Waals surface area contributed by atoms with Gasteiger partial charge < -0.3 is 25.5 Å². The molecule has 200 valence electrons. The van der Waals surface area contributed by atoms with Crippen LogP contribution in [0.4, 0.5) is 17.3 Å². The van der Waals surface area contributed by atoms with Gasteiger partial charge in [-0.15, -0.1) is 5.10 Å². The van der Waals surface area contributed by atoms with Gasteiger partial charge in [-0.05, 0) is 66.9 Å². The monoisotopic (exact) mass is 543 g/mol. The van der Waals surface area contributed by atoms with Crippen LogP contribution in [0, 0.1) is 5.92 Å². The van der Waals surface area contributed by atoms with Crippen LogP contribution in [-0.2, 0) is 5.60 Å². The van der Waals surface area contributed by atoms with Crippen LogP contribution in [0.5, 0.6) is 0 Å². The van der Waals surface area contributed by atoms with Gasteiger partial charge in [-0.25, -0.2) is 4.52 Å². The summed E-state index contributed by atoms with van der Waals surface area (Å²) < 4.78 is 1.77. The van der Waals surface area contributed by atoms with Crippen molar-refractivity contribution in [2.45, 2.75) is 24.5 Å². The van der Waals surface area contributed by atoms with Crippen molar-refractivity contribution in [1.82, 2.24) is 24.8 Å². The number of hydrogen-bond acceptors (Lipinski definition) is 7. The fraction of sp³-hybridized carbons (Fsp3) is 0.345. The van der Waals surface area contributed by atoms with Crippen molar-refractivity contribution in [3.8, 4) is 0 Å². The molecule has 3 aliphatic rings. The molecule has 3 saturated heterocycles. The van der Waals surface area contributed by atoms with Crippen LogP contribution in [0.3, 0.4) is 0 Å². The number of anilines is 3. The van der Waals surface area contributed by atoms with Gasteiger partial charge in [0.15, 0.2) is 5.65 Å². The summed E-state index contributed by atoms with van der Waals surface area (Å²) in [4.78, 5) is 21.9. The zero-order chi connectivity index (χ0) is 26.6. The Morgan fingerprint density at radius 2 is 1.82 bits per heavy atom. The number of halogens is 1. The number of carbonyl (C=O) groups is 1. The number of carbonyl (C=O) groups excluding carboxylic acids is 1. The minimum absolute atomic E-state index is 0.0812. The number of benzene rings is 2. The van der Waals surface area contributed by atoms with Gasteiger partial charge in [0.05, 0.1) is 11.3 Å². The van der Waals surface area contributed by atoms with Gasteiger partial charge in [0.25, 0.3) is 5.91 Å². The topological polar surface area (TPSA) is 98.0 Å². The quantitative estimate of drug-likeness (QED) is 0.353. The number of aromatic nitrogens is 3. The largest absolute Gasteiger partial charge is 0.385 e. The zero-order valence-corrected chi connectivity index (χ0v) is 22.2. The van der Waals surface area contributed by atoms with E-state index in [0.717, 1.165) is 42.2 Å². The van der Waals surface area contributed by atoms with E-state index in [4.69, 9.17) is 16.6 Å². The Morgan fingerprint density at radius 1 is 1.05 bits per heavy atom. The number of piperidine rings is 1. The van der Waals surface area contributed by atoms with Gasteiger partial charge in [0.1, 0.15) is 0 Å². The highest BCUT2D eigenvalue weighted by Gasteiger charge is 2.41. The first kappa shape index (κ1) is 24.4. The van der Waals surface area contributed by atoms with Crippen molar-refractivity contribution < 1.29 is 9.90 Å². The van der Waals surface area contributed by atoms with Crippen molar-refractivity contribution in [3.05, 3.63) is 83.0 Å². The molecule has 7 rings (SSSR count). The molecule has 0 saturated carbocycles. The van der Waals surface area contributed by atoms with Gasteiger partial charge in [0, 0.05) is 67.2 Å². The van der Waals surface area contributed by atoms with E-state index in [1.54, 1.807) is 4.52 Å². The molecule has 0 radical (unpaired) electrons. The predicted octanol–water partition coefficient (Wildman–Crippen LogP) is 3.66. The minimum Gasteiger partial charge on any atom is -0.385 e. The summed E-state index contributed by atoms with van der Waals surface area (Å²) in [7, 11) is 0. The maximum absolute atomic E-state index is 12.9. The van der Waals surface area contributed by atoms with Crippen LogP contribution in [0.15, 0.2) is 66.9 Å². The van der Waals surface area contributed by atoms with E-state index in [2.05, 4.69) is 20.6 Å². The summed E-state index contributed by atoms with van der Waals surface area (Å²) >= 11 is 6.03. The second-order valence-electron chi connectivity index (χ2n) is 10.8. The number of hydrogen-bond donors (Lipinski definition) is 3. The standard InChI is InChI=1S/C29H30ClN7O2/c30-22-7-5-21(6-8-22)29(39)11-14-35(15-12-29)25-2-1-13-37-26(25)33-28(34-37)32-23-9-3-19(4-10-23)27(38)36-17-20-16-31-24(20)18-36/h1-10,13,20,24,31,39H,11-12,14-18H2,(H,32,34). The normalized spacial score (nSPS) is 22.0. The van der Waals surface area contributed by atoms with E-state index in [-0.39, 0.29) is 5.91 Å². The lowest BCUT2D eigenvalue weighted by atomic mass is 9.84. The molecule has 3 N–H and O–H groups in total. The number of aliphatic hydroxyl groups is 1. The molecular weight excluding hydrogens is 514 g/mol. The summed E-state index contributed by atoms with van der Waals surface area (Å²) in [5.41, 5.74) is 3.27. The van der Waals surface area contributed by atoms with Crippen LogP contribution in [0.2, 0.25) is 5.02 Å². The number of nitrogens with one attached hydrogen (secondary N) is 2. The first-order valence-corrected chi connectivity index (χ1v) is 13.8. The molecule has 1 amide bonds. The average molecular weight is 544 g/mol. The Kier molecular flexibility index (Phi) is 5.95. The van der Waals surface area contributed by atoms with E-state index in [9.17, 15) is 9.90 Å². The van der Waals surface area contributed by atoms with Crippen molar-refractivity contribution >= 4 is 40.5 Å². The highest BCUT2D eigenvalue weighted by atomic mass is 35.5. The third-order valence-electron chi connectivity index (χ3n) is 8.41. The number of pyridine rings is 1. The molecule has 2 atom stereocenters. The summed E-state index contributed by atoms with van der Waals surface area (Å²) in [5.74, 6) is 1.16. The molecule has 2 unspecified atom stereocenters. The Morgan fingerprint density at radius 3 is 2.49 bits per heavy atom. The second-order valence-corrected chi connectivity index (χ2v) is 11.2. The highest BCUT2D eigenvalue weighted by Crippen LogP contribution is 2.36. The van der Waals surface area contributed by atoms with Crippen LogP contribution >= 0.6 is 11.6 Å². The first-order chi connectivity index (χ1) is 18.9. The van der Waals surface area contributed by atoms with Crippen LogP contribution in [-0.4, -0.2) is 69.3 Å². The summed E-state index contributed by atoms with van der Waals surface area (Å²) in [6.07, 6.45) is 3.09. The number of fused-ring (bicyclic) bond motifs is 2.